The molecule has 0 radical (unpaired) electrons. The summed E-state index contributed by atoms with van der Waals surface area (Å²) in [4.78, 5) is 29.9. The normalized spacial score (nSPS) is 24.5. The maximum atomic E-state index is 13.0. The molecule has 1 amide bonds. The predicted molar refractivity (Wildman–Crippen MR) is 123 cm³/mol. The summed E-state index contributed by atoms with van der Waals surface area (Å²) in [7, 11) is 0. The average Bonchev–Trinajstić information content (AvgIpc) is 3.00. The minimum atomic E-state index is 0.00767. The molecule has 4 heterocycles. The van der Waals surface area contributed by atoms with Gasteiger partial charge in [-0.15, -0.1) is 0 Å². The van der Waals surface area contributed by atoms with E-state index in [0.717, 1.165) is 38.2 Å². The topological polar surface area (TPSA) is 45.6 Å². The third-order valence-electron chi connectivity index (χ3n) is 6.15. The Morgan fingerprint density at radius 2 is 1.87 bits per heavy atom. The zero-order valence-corrected chi connectivity index (χ0v) is 18.2. The van der Waals surface area contributed by atoms with Crippen LogP contribution in [0.2, 0.25) is 0 Å². The van der Waals surface area contributed by atoms with Crippen LogP contribution >= 0.6 is 24.0 Å². The number of amides is 1. The van der Waals surface area contributed by atoms with Crippen LogP contribution < -0.4 is 5.56 Å². The van der Waals surface area contributed by atoms with Crippen molar-refractivity contribution < 1.29 is 4.79 Å². The van der Waals surface area contributed by atoms with Crippen LogP contribution in [0.15, 0.2) is 64.4 Å². The first-order chi connectivity index (χ1) is 14.6. The van der Waals surface area contributed by atoms with Crippen molar-refractivity contribution >= 4 is 34.2 Å². The van der Waals surface area contributed by atoms with Crippen LogP contribution in [-0.4, -0.2) is 44.2 Å². The largest absolute Gasteiger partial charge is 0.375 e. The predicted octanol–water partition coefficient (Wildman–Crippen LogP) is 3.21. The standard InChI is InChI=1S/C23H23N3O2S2/c27-21-8-4-7-19-18-11-17(13-26(19)21)12-24(14-18)15-20-22(28)25(23(29)30-20)10-9-16-5-2-1-3-6-16/h1-8,15,17-18H,9-14H2/b20-15-/t17-,18+/m0/s1. The molecule has 1 aromatic carbocycles. The van der Waals surface area contributed by atoms with Crippen molar-refractivity contribution in [3.05, 3.63) is 81.2 Å². The molecule has 5 rings (SSSR count). The molecule has 2 fully saturated rings. The van der Waals surface area contributed by atoms with Crippen LogP contribution in [0, 0.1) is 5.92 Å². The summed E-state index contributed by atoms with van der Waals surface area (Å²) >= 11 is 6.89. The number of aromatic nitrogens is 1. The van der Waals surface area contributed by atoms with E-state index >= 15 is 0 Å². The summed E-state index contributed by atoms with van der Waals surface area (Å²) in [6, 6.07) is 15.7. The number of pyridine rings is 1. The van der Waals surface area contributed by atoms with Gasteiger partial charge in [-0.2, -0.15) is 0 Å². The fraction of sp³-hybridized carbons (Fsp3) is 0.348. The lowest BCUT2D eigenvalue weighted by molar-refractivity contribution is -0.122. The third kappa shape index (κ3) is 3.72. The van der Waals surface area contributed by atoms with E-state index < -0.39 is 0 Å². The van der Waals surface area contributed by atoms with Crippen molar-refractivity contribution in [3.63, 3.8) is 0 Å². The van der Waals surface area contributed by atoms with Gasteiger partial charge in [0, 0.05) is 50.1 Å². The van der Waals surface area contributed by atoms with Crippen LogP contribution in [0.25, 0.3) is 0 Å². The second-order valence-electron chi connectivity index (χ2n) is 8.21. The zero-order chi connectivity index (χ0) is 20.7. The van der Waals surface area contributed by atoms with E-state index in [1.165, 1.54) is 17.3 Å². The van der Waals surface area contributed by atoms with Gasteiger partial charge in [0.25, 0.3) is 11.5 Å². The highest BCUT2D eigenvalue weighted by Gasteiger charge is 2.36. The third-order valence-corrected chi connectivity index (χ3v) is 7.51. The van der Waals surface area contributed by atoms with Gasteiger partial charge in [-0.3, -0.25) is 14.5 Å². The molecule has 0 aliphatic carbocycles. The first-order valence-corrected chi connectivity index (χ1v) is 11.5. The fourth-order valence-corrected chi connectivity index (χ4v) is 6.09. The lowest BCUT2D eigenvalue weighted by Gasteiger charge is -2.42. The van der Waals surface area contributed by atoms with Gasteiger partial charge in [0.05, 0.1) is 4.91 Å². The van der Waals surface area contributed by atoms with E-state index in [2.05, 4.69) is 23.1 Å². The van der Waals surface area contributed by atoms with Crippen LogP contribution in [0.5, 0.6) is 0 Å². The monoisotopic (exact) mass is 437 g/mol. The molecule has 0 saturated carbocycles. The maximum Gasteiger partial charge on any atom is 0.267 e. The number of hydrogen-bond donors (Lipinski definition) is 0. The Morgan fingerprint density at radius 3 is 2.70 bits per heavy atom. The molecule has 3 aliphatic heterocycles. The first-order valence-electron chi connectivity index (χ1n) is 10.3. The minimum absolute atomic E-state index is 0.00767. The molecule has 30 heavy (non-hydrogen) atoms. The van der Waals surface area contributed by atoms with E-state index in [-0.39, 0.29) is 11.5 Å². The molecule has 2 saturated heterocycles. The second kappa shape index (κ2) is 8.04. The summed E-state index contributed by atoms with van der Waals surface area (Å²) in [5, 5.41) is 0. The zero-order valence-electron chi connectivity index (χ0n) is 16.6. The Morgan fingerprint density at radius 1 is 1.03 bits per heavy atom. The Labute approximate surface area is 185 Å². The number of carbonyl (C=O) groups excluding carboxylic acids is 1. The van der Waals surface area contributed by atoms with Gasteiger partial charge in [0.1, 0.15) is 4.32 Å². The van der Waals surface area contributed by atoms with Gasteiger partial charge in [0.15, 0.2) is 0 Å². The quantitative estimate of drug-likeness (QED) is 0.543. The molecule has 1 aromatic heterocycles. The van der Waals surface area contributed by atoms with E-state index in [9.17, 15) is 9.59 Å². The number of nitrogens with zero attached hydrogens (tertiary/aromatic N) is 3. The van der Waals surface area contributed by atoms with E-state index in [4.69, 9.17) is 12.2 Å². The number of thioether (sulfide) groups is 1. The first kappa shape index (κ1) is 19.6. The number of hydrogen-bond acceptors (Lipinski definition) is 5. The lowest BCUT2D eigenvalue weighted by Crippen LogP contribution is -2.45. The van der Waals surface area contributed by atoms with E-state index in [1.807, 2.05) is 35.0 Å². The summed E-state index contributed by atoms with van der Waals surface area (Å²) in [5.74, 6) is 0.759. The number of benzene rings is 1. The van der Waals surface area contributed by atoms with Crippen LogP contribution in [0.1, 0.15) is 23.6 Å². The number of carbonyl (C=O) groups is 1. The Balaban J connectivity index is 1.29. The van der Waals surface area contributed by atoms with E-state index in [1.54, 1.807) is 11.0 Å². The molecule has 5 nitrogen and oxygen atoms in total. The van der Waals surface area contributed by atoms with Crippen LogP contribution in [0.3, 0.4) is 0 Å². The number of thiocarbonyl (C=S) groups is 1. The Hall–Kier alpha value is -2.38. The Bertz CT molecular complexity index is 1080. The van der Waals surface area contributed by atoms with Crippen LogP contribution in [-0.2, 0) is 17.8 Å². The molecule has 2 bridgehead atoms. The highest BCUT2D eigenvalue weighted by molar-refractivity contribution is 8.26. The highest BCUT2D eigenvalue weighted by Crippen LogP contribution is 2.37. The van der Waals surface area contributed by atoms with Crippen molar-refractivity contribution in [2.75, 3.05) is 19.6 Å². The van der Waals surface area contributed by atoms with E-state index in [0.29, 0.717) is 27.6 Å². The number of rotatable bonds is 4. The van der Waals surface area contributed by atoms with Crippen LogP contribution in [0.4, 0.5) is 0 Å². The van der Waals surface area contributed by atoms with Crippen molar-refractivity contribution in [1.82, 2.24) is 14.4 Å². The molecule has 7 heteroatoms. The lowest BCUT2D eigenvalue weighted by atomic mass is 9.83. The molecule has 2 aromatic rings. The van der Waals surface area contributed by atoms with Gasteiger partial charge < -0.3 is 9.47 Å². The number of likely N-dealkylation sites (tertiary alicyclic amines) is 1. The molecule has 3 aliphatic rings. The average molecular weight is 438 g/mol. The minimum Gasteiger partial charge on any atom is -0.375 e. The van der Waals surface area contributed by atoms with Crippen molar-refractivity contribution in [2.45, 2.75) is 25.3 Å². The van der Waals surface area contributed by atoms with Gasteiger partial charge in [-0.1, -0.05) is 60.4 Å². The SMILES string of the molecule is O=C1/C(=C/N2C[C@@H]3C[C@H](C2)c2cccc(=O)n2C3)SC(=S)N1CCc1ccccc1. The highest BCUT2D eigenvalue weighted by atomic mass is 32.2. The summed E-state index contributed by atoms with van der Waals surface area (Å²) < 4.78 is 2.57. The summed E-state index contributed by atoms with van der Waals surface area (Å²) in [5.41, 5.74) is 2.41. The Kier molecular flexibility index (Phi) is 5.25. The fourth-order valence-electron chi connectivity index (χ4n) is 4.77. The second-order valence-corrected chi connectivity index (χ2v) is 9.88. The van der Waals surface area contributed by atoms with Crippen molar-refractivity contribution in [1.29, 1.82) is 0 Å². The molecule has 0 unspecified atom stereocenters. The van der Waals surface area contributed by atoms with Gasteiger partial charge in [0.2, 0.25) is 0 Å². The van der Waals surface area contributed by atoms with Gasteiger partial charge >= 0.3 is 0 Å². The number of fused-ring (bicyclic) bond motifs is 4. The van der Waals surface area contributed by atoms with Gasteiger partial charge in [-0.25, -0.2) is 0 Å². The molecule has 154 valence electrons. The van der Waals surface area contributed by atoms with Gasteiger partial charge in [-0.05, 0) is 30.4 Å². The van der Waals surface area contributed by atoms with Crippen molar-refractivity contribution in [2.24, 2.45) is 5.92 Å². The maximum absolute atomic E-state index is 13.0. The molecule has 0 spiro atoms. The van der Waals surface area contributed by atoms with Crippen molar-refractivity contribution in [3.8, 4) is 0 Å². The number of piperidine rings is 1. The molecule has 2 atom stereocenters. The smallest absolute Gasteiger partial charge is 0.267 e. The summed E-state index contributed by atoms with van der Waals surface area (Å²) in [6.07, 6.45) is 3.89. The molecular weight excluding hydrogens is 414 g/mol. The summed E-state index contributed by atoms with van der Waals surface area (Å²) in [6.45, 7) is 3.06. The molecular formula is C23H23N3O2S2. The molecule has 0 N–H and O–H groups in total.